The maximum Gasteiger partial charge on any atom is 0.187 e. The average molecular weight is 169 g/mol. The monoisotopic (exact) mass is 169 g/mol. The van der Waals surface area contributed by atoms with E-state index in [1.807, 2.05) is 0 Å². The fourth-order valence-corrected chi connectivity index (χ4v) is 1.50. The standard InChI is InChI=1S/C8H12FN3/c9-7-6(11-12-8(7)10)4-5-2-1-3-5/h5H,1-4H2,(H3,10,11,12). The highest BCUT2D eigenvalue weighted by Gasteiger charge is 2.21. The number of halogens is 1. The van der Waals surface area contributed by atoms with Gasteiger partial charge >= 0.3 is 0 Å². The molecule has 0 aromatic carbocycles. The molecule has 1 aliphatic rings. The van der Waals surface area contributed by atoms with Gasteiger partial charge in [-0.05, 0) is 12.3 Å². The summed E-state index contributed by atoms with van der Waals surface area (Å²) in [5.41, 5.74) is 5.83. The van der Waals surface area contributed by atoms with Crippen LogP contribution in [-0.2, 0) is 6.42 Å². The second-order valence-corrected chi connectivity index (χ2v) is 3.40. The average Bonchev–Trinajstić information content (AvgIpc) is 2.27. The first kappa shape index (κ1) is 7.58. The molecule has 12 heavy (non-hydrogen) atoms. The predicted octanol–water partition coefficient (Wildman–Crippen LogP) is 1.47. The number of nitrogens with zero attached hydrogens (tertiary/aromatic N) is 1. The Morgan fingerprint density at radius 1 is 1.58 bits per heavy atom. The van der Waals surface area contributed by atoms with Crippen LogP contribution in [0.15, 0.2) is 0 Å². The molecule has 0 atom stereocenters. The SMILES string of the molecule is Nc1n[nH]c(CC2CCC2)c1F. The Bertz CT molecular complexity index is 278. The summed E-state index contributed by atoms with van der Waals surface area (Å²) < 4.78 is 13.1. The summed E-state index contributed by atoms with van der Waals surface area (Å²) in [7, 11) is 0. The third kappa shape index (κ3) is 1.17. The molecule has 1 saturated carbocycles. The van der Waals surface area contributed by atoms with Crippen molar-refractivity contribution in [3.8, 4) is 0 Å². The second-order valence-electron chi connectivity index (χ2n) is 3.40. The van der Waals surface area contributed by atoms with Crippen molar-refractivity contribution in [3.05, 3.63) is 11.5 Å². The van der Waals surface area contributed by atoms with E-state index in [-0.39, 0.29) is 11.6 Å². The molecule has 0 radical (unpaired) electrons. The van der Waals surface area contributed by atoms with Crippen LogP contribution >= 0.6 is 0 Å². The van der Waals surface area contributed by atoms with E-state index in [2.05, 4.69) is 10.2 Å². The second kappa shape index (κ2) is 2.77. The molecular weight excluding hydrogens is 157 g/mol. The molecule has 0 bridgehead atoms. The molecule has 1 heterocycles. The number of nitrogens with one attached hydrogen (secondary N) is 1. The van der Waals surface area contributed by atoms with E-state index in [9.17, 15) is 4.39 Å². The molecule has 3 nitrogen and oxygen atoms in total. The largest absolute Gasteiger partial charge is 0.380 e. The van der Waals surface area contributed by atoms with Crippen LogP contribution in [0.5, 0.6) is 0 Å². The van der Waals surface area contributed by atoms with Crippen LogP contribution in [0.25, 0.3) is 0 Å². The lowest BCUT2D eigenvalue weighted by atomic mass is 9.82. The van der Waals surface area contributed by atoms with Crippen LogP contribution in [0.3, 0.4) is 0 Å². The Kier molecular flexibility index (Phi) is 1.75. The molecule has 1 aromatic heterocycles. The van der Waals surface area contributed by atoms with Crippen LogP contribution in [0.1, 0.15) is 25.0 Å². The van der Waals surface area contributed by atoms with Gasteiger partial charge < -0.3 is 5.73 Å². The zero-order valence-corrected chi connectivity index (χ0v) is 6.81. The van der Waals surface area contributed by atoms with Crippen LogP contribution < -0.4 is 5.73 Å². The van der Waals surface area contributed by atoms with Gasteiger partial charge in [-0.1, -0.05) is 19.3 Å². The van der Waals surface area contributed by atoms with Gasteiger partial charge in [0.15, 0.2) is 11.6 Å². The molecule has 3 N–H and O–H groups in total. The maximum absolute atomic E-state index is 13.1. The first-order valence-electron chi connectivity index (χ1n) is 4.25. The maximum atomic E-state index is 13.1. The lowest BCUT2D eigenvalue weighted by Gasteiger charge is -2.24. The summed E-state index contributed by atoms with van der Waals surface area (Å²) in [4.78, 5) is 0. The van der Waals surface area contributed by atoms with Gasteiger partial charge in [-0.2, -0.15) is 5.10 Å². The lowest BCUT2D eigenvalue weighted by Crippen LogP contribution is -2.14. The van der Waals surface area contributed by atoms with Gasteiger partial charge in [0.2, 0.25) is 0 Å². The first-order valence-corrected chi connectivity index (χ1v) is 4.25. The zero-order valence-electron chi connectivity index (χ0n) is 6.81. The van der Waals surface area contributed by atoms with Gasteiger partial charge in [0.25, 0.3) is 0 Å². The molecule has 0 amide bonds. The van der Waals surface area contributed by atoms with Crippen molar-refractivity contribution >= 4 is 5.82 Å². The van der Waals surface area contributed by atoms with Crippen LogP contribution in [0, 0.1) is 11.7 Å². The fourth-order valence-electron chi connectivity index (χ4n) is 1.50. The highest BCUT2D eigenvalue weighted by molar-refractivity contribution is 5.31. The van der Waals surface area contributed by atoms with E-state index in [0.717, 1.165) is 6.42 Å². The van der Waals surface area contributed by atoms with Crippen molar-refractivity contribution < 1.29 is 4.39 Å². The number of hydrogen-bond acceptors (Lipinski definition) is 2. The number of hydrogen-bond donors (Lipinski definition) is 2. The summed E-state index contributed by atoms with van der Waals surface area (Å²) in [6.07, 6.45) is 4.45. The van der Waals surface area contributed by atoms with Crippen molar-refractivity contribution in [2.45, 2.75) is 25.7 Å². The third-order valence-corrected chi connectivity index (χ3v) is 2.52. The van der Waals surface area contributed by atoms with Gasteiger partial charge in [-0.25, -0.2) is 4.39 Å². The number of aromatic nitrogens is 2. The Morgan fingerprint density at radius 2 is 2.33 bits per heavy atom. The van der Waals surface area contributed by atoms with Crippen molar-refractivity contribution in [2.24, 2.45) is 5.92 Å². The minimum Gasteiger partial charge on any atom is -0.380 e. The topological polar surface area (TPSA) is 54.7 Å². The van der Waals surface area contributed by atoms with Gasteiger partial charge in [-0.3, -0.25) is 5.10 Å². The normalized spacial score (nSPS) is 17.8. The number of anilines is 1. The van der Waals surface area contributed by atoms with Gasteiger partial charge in [-0.15, -0.1) is 0 Å². The molecular formula is C8H12FN3. The van der Waals surface area contributed by atoms with E-state index < -0.39 is 0 Å². The molecule has 2 rings (SSSR count). The molecule has 1 fully saturated rings. The van der Waals surface area contributed by atoms with Crippen LogP contribution in [0.2, 0.25) is 0 Å². The smallest absolute Gasteiger partial charge is 0.187 e. The van der Waals surface area contributed by atoms with E-state index >= 15 is 0 Å². The molecule has 66 valence electrons. The summed E-state index contributed by atoms with van der Waals surface area (Å²) in [5.74, 6) is 0.269. The summed E-state index contributed by atoms with van der Waals surface area (Å²) >= 11 is 0. The molecule has 0 spiro atoms. The van der Waals surface area contributed by atoms with E-state index in [1.54, 1.807) is 0 Å². The quantitative estimate of drug-likeness (QED) is 0.704. The predicted molar refractivity (Wildman–Crippen MR) is 44.0 cm³/mol. The van der Waals surface area contributed by atoms with Gasteiger partial charge in [0.05, 0.1) is 5.69 Å². The van der Waals surface area contributed by atoms with E-state index in [0.29, 0.717) is 11.6 Å². The van der Waals surface area contributed by atoms with Gasteiger partial charge in [0, 0.05) is 0 Å². The van der Waals surface area contributed by atoms with E-state index in [1.165, 1.54) is 19.3 Å². The molecule has 0 aliphatic heterocycles. The molecule has 0 unspecified atom stereocenters. The Hall–Kier alpha value is -1.06. The number of nitrogen functional groups attached to an aromatic ring is 1. The Morgan fingerprint density at radius 3 is 2.75 bits per heavy atom. The lowest BCUT2D eigenvalue weighted by molar-refractivity contribution is 0.308. The molecule has 1 aromatic rings. The fraction of sp³-hybridized carbons (Fsp3) is 0.625. The Labute approximate surface area is 70.2 Å². The van der Waals surface area contributed by atoms with Gasteiger partial charge in [0.1, 0.15) is 0 Å². The molecule has 4 heteroatoms. The summed E-state index contributed by atoms with van der Waals surface area (Å²) in [5, 5.41) is 6.23. The number of nitrogens with two attached hydrogens (primary N) is 1. The van der Waals surface area contributed by atoms with Crippen molar-refractivity contribution in [1.82, 2.24) is 10.2 Å². The van der Waals surface area contributed by atoms with Crippen molar-refractivity contribution in [2.75, 3.05) is 5.73 Å². The van der Waals surface area contributed by atoms with Crippen LogP contribution in [-0.4, -0.2) is 10.2 Å². The molecule has 1 aliphatic carbocycles. The summed E-state index contributed by atoms with van der Waals surface area (Å²) in [6, 6.07) is 0. The van der Waals surface area contributed by atoms with Crippen molar-refractivity contribution in [3.63, 3.8) is 0 Å². The first-order chi connectivity index (χ1) is 5.77. The molecule has 0 saturated heterocycles. The minimum absolute atomic E-state index is 0.00989. The van der Waals surface area contributed by atoms with Crippen LogP contribution in [0.4, 0.5) is 10.2 Å². The van der Waals surface area contributed by atoms with Crippen molar-refractivity contribution in [1.29, 1.82) is 0 Å². The third-order valence-electron chi connectivity index (χ3n) is 2.52. The minimum atomic E-state index is -0.359. The number of H-pyrrole nitrogens is 1. The van der Waals surface area contributed by atoms with E-state index in [4.69, 9.17) is 5.73 Å². The Balaban J connectivity index is 2.06. The number of rotatable bonds is 2. The highest BCUT2D eigenvalue weighted by Crippen LogP contribution is 2.30. The number of aromatic amines is 1. The highest BCUT2D eigenvalue weighted by atomic mass is 19.1. The zero-order chi connectivity index (χ0) is 8.55. The summed E-state index contributed by atoms with van der Waals surface area (Å²) in [6.45, 7) is 0.